The van der Waals surface area contributed by atoms with E-state index < -0.39 is 0 Å². The van der Waals surface area contributed by atoms with Crippen molar-refractivity contribution in [2.45, 2.75) is 83.3 Å². The first-order valence-corrected chi connectivity index (χ1v) is 8.62. The van der Waals surface area contributed by atoms with Crippen LogP contribution in [0.3, 0.4) is 0 Å². The minimum atomic E-state index is 0.670. The average molecular weight is 275 g/mol. The van der Waals surface area contributed by atoms with Crippen LogP contribution >= 0.6 is 0 Å². The topological polar surface area (TPSA) is 29.9 Å². The SMILES string of the molecule is CCC1CCC(NCc2ccn(C3CCCC3)n2)CC1. The maximum atomic E-state index is 4.76. The Hall–Kier alpha value is -0.830. The Morgan fingerprint density at radius 2 is 1.90 bits per heavy atom. The van der Waals surface area contributed by atoms with Gasteiger partial charge in [-0.25, -0.2) is 0 Å². The maximum absolute atomic E-state index is 4.76. The van der Waals surface area contributed by atoms with Crippen LogP contribution < -0.4 is 5.32 Å². The fraction of sp³-hybridized carbons (Fsp3) is 0.824. The molecule has 20 heavy (non-hydrogen) atoms. The molecule has 3 nitrogen and oxygen atoms in total. The van der Waals surface area contributed by atoms with Crippen LogP contribution in [0.2, 0.25) is 0 Å². The lowest BCUT2D eigenvalue weighted by atomic mass is 9.84. The fourth-order valence-corrected chi connectivity index (χ4v) is 3.87. The lowest BCUT2D eigenvalue weighted by molar-refractivity contribution is 0.284. The molecule has 0 radical (unpaired) electrons. The average Bonchev–Trinajstić information content (AvgIpc) is 3.16. The van der Waals surface area contributed by atoms with E-state index in [1.54, 1.807) is 0 Å². The molecule has 1 aromatic rings. The van der Waals surface area contributed by atoms with Crippen LogP contribution in [-0.4, -0.2) is 15.8 Å². The number of hydrogen-bond acceptors (Lipinski definition) is 2. The summed E-state index contributed by atoms with van der Waals surface area (Å²) in [6.45, 7) is 3.27. The second-order valence-corrected chi connectivity index (χ2v) is 6.73. The van der Waals surface area contributed by atoms with E-state index in [4.69, 9.17) is 5.10 Å². The summed E-state index contributed by atoms with van der Waals surface area (Å²) in [5.41, 5.74) is 1.22. The van der Waals surface area contributed by atoms with Crippen LogP contribution in [0.1, 0.15) is 76.4 Å². The van der Waals surface area contributed by atoms with Gasteiger partial charge in [-0.05, 0) is 50.5 Å². The van der Waals surface area contributed by atoms with E-state index in [1.165, 1.54) is 63.5 Å². The van der Waals surface area contributed by atoms with Gasteiger partial charge in [-0.15, -0.1) is 0 Å². The Kier molecular flexibility index (Phi) is 4.77. The number of aromatic nitrogens is 2. The molecule has 0 spiro atoms. The molecule has 112 valence electrons. The molecule has 0 atom stereocenters. The van der Waals surface area contributed by atoms with E-state index in [0.717, 1.165) is 18.5 Å². The van der Waals surface area contributed by atoms with Crippen molar-refractivity contribution in [1.82, 2.24) is 15.1 Å². The van der Waals surface area contributed by atoms with Crippen molar-refractivity contribution in [3.8, 4) is 0 Å². The van der Waals surface area contributed by atoms with Crippen molar-refractivity contribution in [1.29, 1.82) is 0 Å². The highest BCUT2D eigenvalue weighted by atomic mass is 15.3. The largest absolute Gasteiger partial charge is 0.308 e. The van der Waals surface area contributed by atoms with Gasteiger partial charge in [0.15, 0.2) is 0 Å². The van der Waals surface area contributed by atoms with E-state index in [1.807, 2.05) is 0 Å². The van der Waals surface area contributed by atoms with Crippen LogP contribution in [0.25, 0.3) is 0 Å². The molecule has 0 aliphatic heterocycles. The highest BCUT2D eigenvalue weighted by Crippen LogP contribution is 2.29. The Balaban J connectivity index is 1.44. The zero-order valence-electron chi connectivity index (χ0n) is 12.9. The van der Waals surface area contributed by atoms with E-state index in [0.29, 0.717) is 6.04 Å². The molecule has 0 aromatic carbocycles. The summed E-state index contributed by atoms with van der Waals surface area (Å²) in [4.78, 5) is 0. The molecule has 2 saturated carbocycles. The van der Waals surface area contributed by atoms with Crippen LogP contribution in [0.4, 0.5) is 0 Å². The predicted octanol–water partition coefficient (Wildman–Crippen LogP) is 4.06. The zero-order chi connectivity index (χ0) is 13.8. The van der Waals surface area contributed by atoms with Crippen molar-refractivity contribution >= 4 is 0 Å². The molecular weight excluding hydrogens is 246 g/mol. The first-order valence-electron chi connectivity index (χ1n) is 8.62. The summed E-state index contributed by atoms with van der Waals surface area (Å²) in [5, 5.41) is 8.47. The van der Waals surface area contributed by atoms with E-state index in [2.05, 4.69) is 29.2 Å². The van der Waals surface area contributed by atoms with Gasteiger partial charge in [0, 0.05) is 18.8 Å². The van der Waals surface area contributed by atoms with Gasteiger partial charge in [0.25, 0.3) is 0 Å². The first-order chi connectivity index (χ1) is 9.85. The minimum Gasteiger partial charge on any atom is -0.308 e. The first kappa shape index (κ1) is 14.1. The van der Waals surface area contributed by atoms with Crippen molar-refractivity contribution < 1.29 is 0 Å². The summed E-state index contributed by atoms with van der Waals surface area (Å²) < 4.78 is 2.21. The monoisotopic (exact) mass is 275 g/mol. The highest BCUT2D eigenvalue weighted by Gasteiger charge is 2.20. The van der Waals surface area contributed by atoms with Gasteiger partial charge < -0.3 is 5.32 Å². The molecule has 1 N–H and O–H groups in total. The van der Waals surface area contributed by atoms with Gasteiger partial charge in [0.05, 0.1) is 11.7 Å². The molecule has 0 unspecified atom stereocenters. The van der Waals surface area contributed by atoms with E-state index in [-0.39, 0.29) is 0 Å². The lowest BCUT2D eigenvalue weighted by Gasteiger charge is -2.28. The third kappa shape index (κ3) is 3.43. The smallest absolute Gasteiger partial charge is 0.0762 e. The Labute approximate surface area is 123 Å². The normalized spacial score (nSPS) is 28.1. The molecular formula is C17H29N3. The van der Waals surface area contributed by atoms with Crippen molar-refractivity contribution in [3.63, 3.8) is 0 Å². The maximum Gasteiger partial charge on any atom is 0.0762 e. The van der Waals surface area contributed by atoms with Gasteiger partial charge in [0.2, 0.25) is 0 Å². The third-order valence-corrected chi connectivity index (χ3v) is 5.36. The molecule has 3 rings (SSSR count). The second kappa shape index (κ2) is 6.75. The fourth-order valence-electron chi connectivity index (χ4n) is 3.87. The summed E-state index contributed by atoms with van der Waals surface area (Å²) in [6.07, 6.45) is 14.4. The molecule has 0 amide bonds. The Morgan fingerprint density at radius 3 is 2.60 bits per heavy atom. The standard InChI is InChI=1S/C17H29N3/c1-2-14-7-9-15(10-8-14)18-13-16-11-12-20(19-16)17-5-3-4-6-17/h11-12,14-15,17-18H,2-10,13H2,1H3. The number of nitrogens with zero attached hydrogens (tertiary/aromatic N) is 2. The van der Waals surface area contributed by atoms with Gasteiger partial charge in [0.1, 0.15) is 0 Å². The minimum absolute atomic E-state index is 0.670. The Morgan fingerprint density at radius 1 is 1.15 bits per heavy atom. The molecule has 0 saturated heterocycles. The summed E-state index contributed by atoms with van der Waals surface area (Å²) in [7, 11) is 0. The van der Waals surface area contributed by atoms with E-state index >= 15 is 0 Å². The molecule has 2 aliphatic rings. The van der Waals surface area contributed by atoms with E-state index in [9.17, 15) is 0 Å². The van der Waals surface area contributed by atoms with Crippen molar-refractivity contribution in [2.24, 2.45) is 5.92 Å². The molecule has 1 aromatic heterocycles. The Bertz CT molecular complexity index is 398. The summed E-state index contributed by atoms with van der Waals surface area (Å²) in [6, 6.07) is 3.58. The molecule has 3 heteroatoms. The quantitative estimate of drug-likeness (QED) is 0.878. The predicted molar refractivity (Wildman–Crippen MR) is 82.6 cm³/mol. The summed E-state index contributed by atoms with van der Waals surface area (Å²) >= 11 is 0. The van der Waals surface area contributed by atoms with Crippen molar-refractivity contribution in [3.05, 3.63) is 18.0 Å². The van der Waals surface area contributed by atoms with Crippen LogP contribution in [-0.2, 0) is 6.54 Å². The van der Waals surface area contributed by atoms with Gasteiger partial charge in [-0.3, -0.25) is 4.68 Å². The molecule has 2 fully saturated rings. The molecule has 0 bridgehead atoms. The number of rotatable bonds is 5. The highest BCUT2D eigenvalue weighted by molar-refractivity contribution is 5.00. The van der Waals surface area contributed by atoms with Gasteiger partial charge in [-0.2, -0.15) is 5.10 Å². The second-order valence-electron chi connectivity index (χ2n) is 6.73. The van der Waals surface area contributed by atoms with Gasteiger partial charge >= 0.3 is 0 Å². The number of nitrogens with one attached hydrogen (secondary N) is 1. The van der Waals surface area contributed by atoms with Crippen LogP contribution in [0, 0.1) is 5.92 Å². The van der Waals surface area contributed by atoms with Crippen LogP contribution in [0.15, 0.2) is 12.3 Å². The zero-order valence-corrected chi connectivity index (χ0v) is 12.9. The summed E-state index contributed by atoms with van der Waals surface area (Å²) in [5.74, 6) is 0.981. The van der Waals surface area contributed by atoms with Crippen molar-refractivity contribution in [2.75, 3.05) is 0 Å². The molecule has 1 heterocycles. The lowest BCUT2D eigenvalue weighted by Crippen LogP contribution is -2.32. The van der Waals surface area contributed by atoms with Gasteiger partial charge in [-0.1, -0.05) is 26.2 Å². The molecule has 2 aliphatic carbocycles. The van der Waals surface area contributed by atoms with Crippen LogP contribution in [0.5, 0.6) is 0 Å². The third-order valence-electron chi connectivity index (χ3n) is 5.36. The number of hydrogen-bond donors (Lipinski definition) is 1.